The summed E-state index contributed by atoms with van der Waals surface area (Å²) in [5.74, 6) is 0.0645. The van der Waals surface area contributed by atoms with Gasteiger partial charge in [-0.1, -0.05) is 61.5 Å². The molecular formula is C30H37N3O4. The van der Waals surface area contributed by atoms with Gasteiger partial charge < -0.3 is 24.8 Å². The van der Waals surface area contributed by atoms with Gasteiger partial charge in [0.15, 0.2) is 6.29 Å². The Morgan fingerprint density at radius 2 is 1.70 bits per heavy atom. The average molecular weight is 504 g/mol. The zero-order valence-electron chi connectivity index (χ0n) is 21.8. The second kappa shape index (κ2) is 12.9. The number of nitrogens with zero attached hydrogens (tertiary/aromatic N) is 2. The second-order valence-electron chi connectivity index (χ2n) is 9.81. The molecule has 7 heteroatoms. The van der Waals surface area contributed by atoms with E-state index in [2.05, 4.69) is 35.2 Å². The molecule has 196 valence electrons. The van der Waals surface area contributed by atoms with E-state index in [1.807, 2.05) is 66.9 Å². The smallest absolute Gasteiger partial charge is 0.217 e. The molecule has 0 saturated carbocycles. The quantitative estimate of drug-likeness (QED) is 0.432. The average Bonchev–Trinajstić information content (AvgIpc) is 2.93. The first-order valence-electron chi connectivity index (χ1n) is 12.8. The number of carbonyl (C=O) groups excluding carboxylic acids is 1. The van der Waals surface area contributed by atoms with Crippen LogP contribution in [0.5, 0.6) is 0 Å². The highest BCUT2D eigenvalue weighted by atomic mass is 16.7. The maximum absolute atomic E-state index is 11.3. The molecule has 1 aromatic heterocycles. The first-order chi connectivity index (χ1) is 17.9. The van der Waals surface area contributed by atoms with Gasteiger partial charge in [-0.25, -0.2) is 0 Å². The number of likely N-dealkylation sites (N-methyl/N-ethyl adjacent to an activating group) is 1. The van der Waals surface area contributed by atoms with Crippen molar-refractivity contribution >= 4 is 5.91 Å². The molecule has 0 radical (unpaired) electrons. The van der Waals surface area contributed by atoms with Crippen LogP contribution in [0.25, 0.3) is 0 Å². The highest BCUT2D eigenvalue weighted by molar-refractivity contribution is 5.72. The van der Waals surface area contributed by atoms with Gasteiger partial charge in [-0.15, -0.1) is 0 Å². The number of aromatic nitrogens is 1. The fourth-order valence-electron chi connectivity index (χ4n) is 4.60. The number of aliphatic hydroxyl groups excluding tert-OH is 1. The van der Waals surface area contributed by atoms with Crippen molar-refractivity contribution in [2.24, 2.45) is 5.92 Å². The summed E-state index contributed by atoms with van der Waals surface area (Å²) in [6.45, 7) is 5.83. The third-order valence-electron chi connectivity index (χ3n) is 6.88. The van der Waals surface area contributed by atoms with Gasteiger partial charge in [0.25, 0.3) is 0 Å². The van der Waals surface area contributed by atoms with Crippen LogP contribution in [-0.2, 0) is 33.8 Å². The number of amides is 1. The summed E-state index contributed by atoms with van der Waals surface area (Å²) in [7, 11) is 2.12. The monoisotopic (exact) mass is 503 g/mol. The molecule has 1 fully saturated rings. The Labute approximate surface area is 219 Å². The number of carbonyl (C=O) groups is 1. The van der Waals surface area contributed by atoms with Crippen molar-refractivity contribution in [1.29, 1.82) is 0 Å². The molecule has 3 aromatic rings. The Kier molecular flexibility index (Phi) is 9.41. The summed E-state index contributed by atoms with van der Waals surface area (Å²) < 4.78 is 13.1. The van der Waals surface area contributed by atoms with Crippen LogP contribution in [0.2, 0.25) is 0 Å². The minimum absolute atomic E-state index is 0.0155. The fourth-order valence-corrected chi connectivity index (χ4v) is 4.60. The third-order valence-corrected chi connectivity index (χ3v) is 6.88. The predicted octanol–water partition coefficient (Wildman–Crippen LogP) is 4.18. The lowest BCUT2D eigenvalue weighted by atomic mass is 9.90. The maximum atomic E-state index is 11.3. The van der Waals surface area contributed by atoms with Crippen LogP contribution in [0.15, 0.2) is 72.9 Å². The van der Waals surface area contributed by atoms with Gasteiger partial charge in [-0.3, -0.25) is 9.78 Å². The van der Waals surface area contributed by atoms with E-state index in [1.54, 1.807) is 0 Å². The largest absolute Gasteiger partial charge is 0.392 e. The topological polar surface area (TPSA) is 83.9 Å². The molecule has 1 amide bonds. The number of benzene rings is 2. The van der Waals surface area contributed by atoms with Crippen LogP contribution >= 0.6 is 0 Å². The maximum Gasteiger partial charge on any atom is 0.217 e. The summed E-state index contributed by atoms with van der Waals surface area (Å²) in [6, 6.07) is 22.0. The van der Waals surface area contributed by atoms with E-state index in [0.717, 1.165) is 47.5 Å². The number of hydrogen-bond acceptors (Lipinski definition) is 6. The molecule has 4 atom stereocenters. The van der Waals surface area contributed by atoms with Crippen LogP contribution in [0.1, 0.15) is 54.2 Å². The van der Waals surface area contributed by atoms with Crippen molar-refractivity contribution in [1.82, 2.24) is 15.2 Å². The minimum atomic E-state index is -0.511. The van der Waals surface area contributed by atoms with Gasteiger partial charge in [-0.05, 0) is 35.9 Å². The minimum Gasteiger partial charge on any atom is -0.392 e. The standard InChI is InChI=1S/C30H37N3O4/c1-21-28(19-33(3)17-15-27-6-4-5-16-31-27)36-30(26-13-7-23(8-14-26)18-32-22(2)35)37-29(21)25-11-9-24(20-34)10-12-25/h4-14,16,21,28-30,34H,15,17-20H2,1-3H3,(H,32,35)/t21-,28+,29+,30+/m0/s1. The second-order valence-corrected chi connectivity index (χ2v) is 9.81. The van der Waals surface area contributed by atoms with E-state index < -0.39 is 6.29 Å². The van der Waals surface area contributed by atoms with Gasteiger partial charge in [0.2, 0.25) is 5.91 Å². The van der Waals surface area contributed by atoms with E-state index in [9.17, 15) is 9.90 Å². The summed E-state index contributed by atoms with van der Waals surface area (Å²) in [5.41, 5.74) is 4.98. The Morgan fingerprint density at radius 1 is 1.00 bits per heavy atom. The predicted molar refractivity (Wildman–Crippen MR) is 142 cm³/mol. The van der Waals surface area contributed by atoms with E-state index in [4.69, 9.17) is 9.47 Å². The Balaban J connectivity index is 1.50. The van der Waals surface area contributed by atoms with Crippen molar-refractivity contribution in [3.63, 3.8) is 0 Å². The van der Waals surface area contributed by atoms with Crippen molar-refractivity contribution in [2.45, 2.75) is 51.9 Å². The molecule has 37 heavy (non-hydrogen) atoms. The van der Waals surface area contributed by atoms with Gasteiger partial charge in [0.05, 0.1) is 18.8 Å². The SMILES string of the molecule is CC(=O)NCc1ccc([C@@H]2O[C@H](CN(C)CCc3ccccn3)[C@H](C)[C@H](c3ccc(CO)cc3)O2)cc1. The molecule has 0 unspecified atom stereocenters. The summed E-state index contributed by atoms with van der Waals surface area (Å²) in [4.78, 5) is 18.0. The van der Waals surface area contributed by atoms with E-state index >= 15 is 0 Å². The molecule has 2 heterocycles. The number of aliphatic hydroxyl groups is 1. The van der Waals surface area contributed by atoms with Crippen LogP contribution < -0.4 is 5.32 Å². The number of rotatable bonds is 10. The van der Waals surface area contributed by atoms with Crippen LogP contribution in [0, 0.1) is 5.92 Å². The molecule has 0 spiro atoms. The van der Waals surface area contributed by atoms with E-state index in [-0.39, 0.29) is 30.6 Å². The van der Waals surface area contributed by atoms with Crippen LogP contribution in [0.4, 0.5) is 0 Å². The van der Waals surface area contributed by atoms with Gasteiger partial charge >= 0.3 is 0 Å². The Hall–Kier alpha value is -3.10. The number of hydrogen-bond donors (Lipinski definition) is 2. The lowest BCUT2D eigenvalue weighted by Crippen LogP contribution is -2.43. The van der Waals surface area contributed by atoms with Crippen LogP contribution in [-0.4, -0.2) is 47.1 Å². The lowest BCUT2D eigenvalue weighted by molar-refractivity contribution is -0.275. The van der Waals surface area contributed by atoms with E-state index in [0.29, 0.717) is 6.54 Å². The number of pyridine rings is 1. The number of nitrogens with one attached hydrogen (secondary N) is 1. The zero-order valence-corrected chi connectivity index (χ0v) is 21.8. The zero-order chi connectivity index (χ0) is 26.2. The van der Waals surface area contributed by atoms with Crippen LogP contribution in [0.3, 0.4) is 0 Å². The van der Waals surface area contributed by atoms with Crippen molar-refractivity contribution in [3.8, 4) is 0 Å². The molecule has 2 N–H and O–H groups in total. The molecule has 1 saturated heterocycles. The molecule has 2 aromatic carbocycles. The van der Waals surface area contributed by atoms with Crippen molar-refractivity contribution in [2.75, 3.05) is 20.1 Å². The molecule has 7 nitrogen and oxygen atoms in total. The van der Waals surface area contributed by atoms with Crippen molar-refractivity contribution < 1.29 is 19.4 Å². The molecular weight excluding hydrogens is 466 g/mol. The third kappa shape index (κ3) is 7.46. The highest BCUT2D eigenvalue weighted by Gasteiger charge is 2.38. The highest BCUT2D eigenvalue weighted by Crippen LogP contribution is 2.41. The molecule has 0 aliphatic carbocycles. The molecule has 0 bridgehead atoms. The van der Waals surface area contributed by atoms with E-state index in [1.165, 1.54) is 6.92 Å². The van der Waals surface area contributed by atoms with Gasteiger partial charge in [-0.2, -0.15) is 0 Å². The Bertz CT molecular complexity index is 1120. The normalized spacial score (nSPS) is 21.6. The summed E-state index contributed by atoms with van der Waals surface area (Å²) in [6.07, 6.45) is 1.99. The molecule has 1 aliphatic heterocycles. The first kappa shape index (κ1) is 26.9. The fraction of sp³-hybridized carbons (Fsp3) is 0.400. The summed E-state index contributed by atoms with van der Waals surface area (Å²) >= 11 is 0. The Morgan fingerprint density at radius 3 is 2.35 bits per heavy atom. The number of ether oxygens (including phenoxy) is 2. The molecule has 4 rings (SSSR count). The summed E-state index contributed by atoms with van der Waals surface area (Å²) in [5, 5.41) is 12.3. The van der Waals surface area contributed by atoms with Crippen molar-refractivity contribution in [3.05, 3.63) is 101 Å². The first-order valence-corrected chi connectivity index (χ1v) is 12.8. The van der Waals surface area contributed by atoms with Gasteiger partial charge in [0, 0.05) is 56.4 Å². The lowest BCUT2D eigenvalue weighted by Gasteiger charge is -2.42. The van der Waals surface area contributed by atoms with Gasteiger partial charge in [0.1, 0.15) is 0 Å². The molecule has 1 aliphatic rings.